The molecule has 0 aromatic heterocycles. The van der Waals surface area contributed by atoms with Gasteiger partial charge in [-0.25, -0.2) is 4.79 Å². The van der Waals surface area contributed by atoms with E-state index in [-0.39, 0.29) is 12.0 Å². The van der Waals surface area contributed by atoms with E-state index in [1.165, 1.54) is 37.7 Å². The summed E-state index contributed by atoms with van der Waals surface area (Å²) >= 11 is 0. The van der Waals surface area contributed by atoms with E-state index in [0.29, 0.717) is 18.9 Å². The Morgan fingerprint density at radius 1 is 0.921 bits per heavy atom. The van der Waals surface area contributed by atoms with Gasteiger partial charge in [-0.3, -0.25) is 4.79 Å². The third-order valence-electron chi connectivity index (χ3n) is 7.92. The number of hydrogen-bond donors (Lipinski definition) is 0. The minimum Gasteiger partial charge on any atom is -0.444 e. The maximum atomic E-state index is 13.1. The van der Waals surface area contributed by atoms with Gasteiger partial charge in [0.15, 0.2) is 0 Å². The summed E-state index contributed by atoms with van der Waals surface area (Å²) in [7, 11) is 0. The molecule has 2 fully saturated rings. The molecule has 2 aliphatic rings. The van der Waals surface area contributed by atoms with Gasteiger partial charge in [0.25, 0.3) is 0 Å². The minimum absolute atomic E-state index is 0.196. The van der Waals surface area contributed by atoms with E-state index in [4.69, 9.17) is 4.74 Å². The van der Waals surface area contributed by atoms with Gasteiger partial charge >= 0.3 is 6.09 Å². The maximum Gasteiger partial charge on any atom is 0.410 e. The van der Waals surface area contributed by atoms with E-state index < -0.39 is 5.60 Å². The standard InChI is InChI=1S/C32H47N3O3/c1-32(2,3)38-31(37)35(21-10-9-20-33-18-7-4-8-19-33)25-26-16-22-34(23-17-26)30(36)24-28-14-11-13-27-12-5-6-15-29(27)28/h5-6,11-15,26H,4,7-10,16-25H2,1-3H3. The van der Waals surface area contributed by atoms with E-state index in [1.54, 1.807) is 0 Å². The summed E-state index contributed by atoms with van der Waals surface area (Å²) in [6.45, 7) is 12.3. The average molecular weight is 522 g/mol. The van der Waals surface area contributed by atoms with Gasteiger partial charge in [-0.05, 0) is 101 Å². The van der Waals surface area contributed by atoms with Crippen molar-refractivity contribution in [3.8, 4) is 0 Å². The lowest BCUT2D eigenvalue weighted by molar-refractivity contribution is -0.131. The van der Waals surface area contributed by atoms with Crippen molar-refractivity contribution in [1.82, 2.24) is 14.7 Å². The highest BCUT2D eigenvalue weighted by Gasteiger charge is 2.28. The number of likely N-dealkylation sites (tertiary alicyclic amines) is 2. The van der Waals surface area contributed by atoms with Crippen molar-refractivity contribution in [3.05, 3.63) is 48.0 Å². The van der Waals surface area contributed by atoms with Crippen LogP contribution in [0.3, 0.4) is 0 Å². The summed E-state index contributed by atoms with van der Waals surface area (Å²) < 4.78 is 5.76. The molecule has 0 radical (unpaired) electrons. The van der Waals surface area contributed by atoms with Gasteiger partial charge in [-0.1, -0.05) is 48.9 Å². The Kier molecular flexibility index (Phi) is 10.1. The van der Waals surface area contributed by atoms with Crippen molar-refractivity contribution in [3.63, 3.8) is 0 Å². The molecule has 0 atom stereocenters. The molecule has 2 aliphatic heterocycles. The molecule has 2 saturated heterocycles. The molecule has 0 N–H and O–H groups in total. The maximum absolute atomic E-state index is 13.1. The van der Waals surface area contributed by atoms with Crippen LogP contribution in [0.15, 0.2) is 42.5 Å². The number of carbonyl (C=O) groups excluding carboxylic acids is 2. The number of rotatable bonds is 9. The van der Waals surface area contributed by atoms with Crippen LogP contribution in [0, 0.1) is 5.92 Å². The molecule has 2 aromatic carbocycles. The van der Waals surface area contributed by atoms with Gasteiger partial charge in [0.1, 0.15) is 5.60 Å². The summed E-state index contributed by atoms with van der Waals surface area (Å²) in [5, 5.41) is 2.33. The Balaban J connectivity index is 1.27. The first-order valence-corrected chi connectivity index (χ1v) is 14.7. The molecule has 0 aliphatic carbocycles. The van der Waals surface area contributed by atoms with Crippen LogP contribution >= 0.6 is 0 Å². The molecule has 6 heteroatoms. The topological polar surface area (TPSA) is 53.1 Å². The quantitative estimate of drug-likeness (QED) is 0.373. The molecule has 0 saturated carbocycles. The van der Waals surface area contributed by atoms with Crippen molar-refractivity contribution in [1.29, 1.82) is 0 Å². The summed E-state index contributed by atoms with van der Waals surface area (Å²) in [6, 6.07) is 14.5. The van der Waals surface area contributed by atoms with Gasteiger partial charge in [0, 0.05) is 26.2 Å². The second kappa shape index (κ2) is 13.5. The zero-order valence-electron chi connectivity index (χ0n) is 23.8. The number of ether oxygens (including phenoxy) is 1. The average Bonchev–Trinajstić information content (AvgIpc) is 2.90. The Hall–Kier alpha value is -2.60. The molecule has 0 bridgehead atoms. The summed E-state index contributed by atoms with van der Waals surface area (Å²) in [5.74, 6) is 0.590. The molecule has 2 amide bonds. The zero-order chi connectivity index (χ0) is 27.0. The monoisotopic (exact) mass is 521 g/mol. The van der Waals surface area contributed by atoms with Crippen LogP contribution < -0.4 is 0 Å². The number of piperidine rings is 2. The molecule has 2 heterocycles. The minimum atomic E-state index is -0.499. The van der Waals surface area contributed by atoms with Crippen LogP contribution in [0.2, 0.25) is 0 Å². The number of amides is 2. The van der Waals surface area contributed by atoms with Crippen LogP contribution in [-0.2, 0) is 16.0 Å². The summed E-state index contributed by atoms with van der Waals surface area (Å²) in [4.78, 5) is 32.7. The number of nitrogens with zero attached hydrogens (tertiary/aromatic N) is 3. The second-order valence-corrected chi connectivity index (χ2v) is 12.2. The van der Waals surface area contributed by atoms with Crippen molar-refractivity contribution in [2.45, 2.75) is 77.7 Å². The normalized spacial score (nSPS) is 17.5. The van der Waals surface area contributed by atoms with Gasteiger partial charge in [-0.15, -0.1) is 0 Å². The Morgan fingerprint density at radius 2 is 1.63 bits per heavy atom. The fourth-order valence-corrected chi connectivity index (χ4v) is 5.80. The lowest BCUT2D eigenvalue weighted by atomic mass is 9.95. The Bertz CT molecular complexity index is 1040. The van der Waals surface area contributed by atoms with E-state index >= 15 is 0 Å². The predicted octanol–water partition coefficient (Wildman–Crippen LogP) is 6.12. The van der Waals surface area contributed by atoms with E-state index in [9.17, 15) is 9.59 Å². The zero-order valence-corrected chi connectivity index (χ0v) is 23.8. The SMILES string of the molecule is CC(C)(C)OC(=O)N(CCCCN1CCCCC1)CC1CCN(C(=O)Cc2cccc3ccccc23)CC1. The first kappa shape index (κ1) is 28.4. The Morgan fingerprint density at radius 3 is 2.37 bits per heavy atom. The third kappa shape index (κ3) is 8.45. The lowest BCUT2D eigenvalue weighted by Crippen LogP contribution is -2.45. The van der Waals surface area contributed by atoms with Crippen LogP contribution in [0.4, 0.5) is 4.79 Å². The van der Waals surface area contributed by atoms with Crippen LogP contribution in [-0.4, -0.2) is 78.1 Å². The van der Waals surface area contributed by atoms with Crippen LogP contribution in [0.5, 0.6) is 0 Å². The van der Waals surface area contributed by atoms with Crippen LogP contribution in [0.1, 0.15) is 71.3 Å². The first-order valence-electron chi connectivity index (χ1n) is 14.7. The molecule has 6 nitrogen and oxygen atoms in total. The fraction of sp³-hybridized carbons (Fsp3) is 0.625. The molecule has 0 unspecified atom stereocenters. The van der Waals surface area contributed by atoms with E-state index in [1.807, 2.05) is 48.8 Å². The first-order chi connectivity index (χ1) is 18.3. The van der Waals surface area contributed by atoms with Gasteiger partial charge in [0.2, 0.25) is 5.91 Å². The van der Waals surface area contributed by atoms with Crippen molar-refractivity contribution < 1.29 is 14.3 Å². The summed E-state index contributed by atoms with van der Waals surface area (Å²) in [5.41, 5.74) is 0.594. The smallest absolute Gasteiger partial charge is 0.410 e. The second-order valence-electron chi connectivity index (χ2n) is 12.2. The largest absolute Gasteiger partial charge is 0.444 e. The molecule has 2 aromatic rings. The highest BCUT2D eigenvalue weighted by atomic mass is 16.6. The number of benzene rings is 2. The molecular weight excluding hydrogens is 474 g/mol. The van der Waals surface area contributed by atoms with Crippen molar-refractivity contribution in [2.75, 3.05) is 45.8 Å². The number of fused-ring (bicyclic) bond motifs is 1. The third-order valence-corrected chi connectivity index (χ3v) is 7.92. The molecular formula is C32H47N3O3. The van der Waals surface area contributed by atoms with E-state index in [2.05, 4.69) is 29.2 Å². The van der Waals surface area contributed by atoms with Crippen LogP contribution in [0.25, 0.3) is 10.8 Å². The van der Waals surface area contributed by atoms with E-state index in [0.717, 1.165) is 62.8 Å². The van der Waals surface area contributed by atoms with Gasteiger partial charge in [0.05, 0.1) is 6.42 Å². The number of carbonyl (C=O) groups is 2. The van der Waals surface area contributed by atoms with Gasteiger partial charge in [-0.2, -0.15) is 0 Å². The lowest BCUT2D eigenvalue weighted by Gasteiger charge is -2.35. The summed E-state index contributed by atoms with van der Waals surface area (Å²) in [6.07, 6.45) is 8.18. The number of hydrogen-bond acceptors (Lipinski definition) is 4. The molecule has 38 heavy (non-hydrogen) atoms. The number of unbranched alkanes of at least 4 members (excludes halogenated alkanes) is 1. The highest BCUT2D eigenvalue weighted by molar-refractivity contribution is 5.90. The molecule has 0 spiro atoms. The van der Waals surface area contributed by atoms with Crippen molar-refractivity contribution >= 4 is 22.8 Å². The fourth-order valence-electron chi connectivity index (χ4n) is 5.80. The highest BCUT2D eigenvalue weighted by Crippen LogP contribution is 2.23. The van der Waals surface area contributed by atoms with Gasteiger partial charge < -0.3 is 19.4 Å². The van der Waals surface area contributed by atoms with Crippen molar-refractivity contribution in [2.24, 2.45) is 5.92 Å². The Labute approximate surface area is 229 Å². The molecule has 208 valence electrons. The molecule has 4 rings (SSSR count). The predicted molar refractivity (Wildman–Crippen MR) is 154 cm³/mol.